The number of aromatic nitrogens is 2. The molecule has 0 aliphatic carbocycles. The van der Waals surface area contributed by atoms with Gasteiger partial charge in [0.25, 0.3) is 5.56 Å². The van der Waals surface area contributed by atoms with E-state index >= 15 is 0 Å². The minimum atomic E-state index is -0.263. The predicted octanol–water partition coefficient (Wildman–Crippen LogP) is 1.70. The van der Waals surface area contributed by atoms with Crippen LogP contribution in [0.25, 0.3) is 0 Å². The van der Waals surface area contributed by atoms with Gasteiger partial charge in [-0.15, -0.1) is 0 Å². The van der Waals surface area contributed by atoms with Crippen molar-refractivity contribution >= 4 is 17.3 Å². The molecule has 0 spiro atoms. The van der Waals surface area contributed by atoms with E-state index in [0.29, 0.717) is 24.7 Å². The van der Waals surface area contributed by atoms with Crippen molar-refractivity contribution < 1.29 is 0 Å². The first kappa shape index (κ1) is 15.0. The van der Waals surface area contributed by atoms with Crippen molar-refractivity contribution in [3.63, 3.8) is 0 Å². The lowest BCUT2D eigenvalue weighted by Gasteiger charge is -2.13. The second kappa shape index (κ2) is 6.75. The van der Waals surface area contributed by atoms with Crippen LogP contribution in [-0.2, 0) is 6.54 Å². The van der Waals surface area contributed by atoms with Crippen LogP contribution in [0.1, 0.15) is 27.2 Å². The molecule has 1 aromatic rings. The van der Waals surface area contributed by atoms with Crippen LogP contribution in [0.4, 0.5) is 5.69 Å². The number of anilines is 1. The van der Waals surface area contributed by atoms with Crippen molar-refractivity contribution in [2.24, 2.45) is 11.7 Å². The molecular weight excluding hydrogens is 252 g/mol. The van der Waals surface area contributed by atoms with Gasteiger partial charge in [-0.2, -0.15) is 5.10 Å². The molecule has 5 nitrogen and oxygen atoms in total. The number of hydrogen-bond donors (Lipinski definition) is 2. The van der Waals surface area contributed by atoms with E-state index in [9.17, 15) is 4.79 Å². The number of nitrogens with two attached hydrogens (primary N) is 1. The van der Waals surface area contributed by atoms with E-state index in [-0.39, 0.29) is 16.6 Å². The first-order chi connectivity index (χ1) is 8.45. The zero-order valence-corrected chi connectivity index (χ0v) is 11.9. The fraction of sp³-hybridized carbons (Fsp3) is 0.667. The Labute approximate surface area is 112 Å². The molecule has 0 fully saturated rings. The largest absolute Gasteiger partial charge is 0.381 e. The van der Waals surface area contributed by atoms with E-state index < -0.39 is 0 Å². The number of nitrogens with zero attached hydrogens (tertiary/aromatic N) is 2. The van der Waals surface area contributed by atoms with Crippen LogP contribution in [-0.4, -0.2) is 22.4 Å². The van der Waals surface area contributed by atoms with Crippen molar-refractivity contribution in [2.75, 3.05) is 11.9 Å². The third kappa shape index (κ3) is 3.99. The predicted molar refractivity (Wildman–Crippen MR) is 75.1 cm³/mol. The topological polar surface area (TPSA) is 72.9 Å². The normalized spacial score (nSPS) is 12.8. The zero-order valence-electron chi connectivity index (χ0n) is 11.1. The summed E-state index contributed by atoms with van der Waals surface area (Å²) in [6, 6.07) is 0.0409. The van der Waals surface area contributed by atoms with Gasteiger partial charge in [-0.05, 0) is 12.3 Å². The van der Waals surface area contributed by atoms with E-state index in [4.69, 9.17) is 17.3 Å². The third-order valence-corrected chi connectivity index (χ3v) is 2.97. The molecule has 0 amide bonds. The smallest absolute Gasteiger partial charge is 0.287 e. The molecule has 0 aliphatic rings. The highest BCUT2D eigenvalue weighted by molar-refractivity contribution is 6.32. The highest BCUT2D eigenvalue weighted by Crippen LogP contribution is 2.15. The molecular formula is C12H21ClN4O. The summed E-state index contributed by atoms with van der Waals surface area (Å²) in [5.74, 6) is 0.346. The highest BCUT2D eigenvalue weighted by atomic mass is 35.5. The summed E-state index contributed by atoms with van der Waals surface area (Å²) in [5.41, 5.74) is 6.08. The van der Waals surface area contributed by atoms with Crippen LogP contribution in [0.2, 0.25) is 5.02 Å². The first-order valence-electron chi connectivity index (χ1n) is 6.20. The number of halogens is 1. The summed E-state index contributed by atoms with van der Waals surface area (Å²) in [5, 5.41) is 7.33. The molecule has 1 atom stereocenters. The van der Waals surface area contributed by atoms with E-state index in [0.717, 1.165) is 6.42 Å². The standard InChI is InChI=1S/C12H21ClN4O/c1-4-9(14)5-15-10-6-16-17(7-8(2)3)12(18)11(10)13/h6,8-9,15H,4-5,7,14H2,1-3H3. The Morgan fingerprint density at radius 3 is 2.78 bits per heavy atom. The monoisotopic (exact) mass is 272 g/mol. The Kier molecular flexibility index (Phi) is 5.62. The summed E-state index contributed by atoms with van der Waals surface area (Å²) >= 11 is 6.03. The van der Waals surface area contributed by atoms with Crippen LogP contribution < -0.4 is 16.6 Å². The molecule has 0 aliphatic heterocycles. The summed E-state index contributed by atoms with van der Waals surface area (Å²) in [6.07, 6.45) is 2.44. The molecule has 18 heavy (non-hydrogen) atoms. The van der Waals surface area contributed by atoms with Gasteiger partial charge in [-0.3, -0.25) is 4.79 Å². The maximum atomic E-state index is 11.9. The fourth-order valence-electron chi connectivity index (χ4n) is 1.45. The Morgan fingerprint density at radius 2 is 2.22 bits per heavy atom. The lowest BCUT2D eigenvalue weighted by atomic mass is 10.2. The van der Waals surface area contributed by atoms with Gasteiger partial charge in [0.2, 0.25) is 0 Å². The molecule has 1 rings (SSSR count). The van der Waals surface area contributed by atoms with Gasteiger partial charge in [0.15, 0.2) is 0 Å². The Bertz CT molecular complexity index is 444. The van der Waals surface area contributed by atoms with Gasteiger partial charge in [-0.1, -0.05) is 32.4 Å². The van der Waals surface area contributed by atoms with Gasteiger partial charge in [0, 0.05) is 19.1 Å². The quantitative estimate of drug-likeness (QED) is 0.827. The molecule has 1 aromatic heterocycles. The summed E-state index contributed by atoms with van der Waals surface area (Å²) in [7, 11) is 0. The maximum absolute atomic E-state index is 11.9. The van der Waals surface area contributed by atoms with Gasteiger partial charge in [-0.25, -0.2) is 4.68 Å². The van der Waals surface area contributed by atoms with E-state index in [1.165, 1.54) is 4.68 Å². The fourth-order valence-corrected chi connectivity index (χ4v) is 1.66. The van der Waals surface area contributed by atoms with Gasteiger partial charge in [0.05, 0.1) is 11.9 Å². The Morgan fingerprint density at radius 1 is 1.56 bits per heavy atom. The third-order valence-electron chi connectivity index (χ3n) is 2.60. The van der Waals surface area contributed by atoms with Gasteiger partial charge in [0.1, 0.15) is 5.02 Å². The number of hydrogen-bond acceptors (Lipinski definition) is 4. The summed E-state index contributed by atoms with van der Waals surface area (Å²) in [6.45, 7) is 7.19. The van der Waals surface area contributed by atoms with Gasteiger partial charge >= 0.3 is 0 Å². The molecule has 0 saturated heterocycles. The van der Waals surface area contributed by atoms with Crippen molar-refractivity contribution in [2.45, 2.75) is 39.8 Å². The summed E-state index contributed by atoms with van der Waals surface area (Å²) in [4.78, 5) is 11.9. The molecule has 1 unspecified atom stereocenters. The number of rotatable bonds is 6. The van der Waals surface area contributed by atoms with Crippen molar-refractivity contribution in [1.82, 2.24) is 9.78 Å². The minimum Gasteiger partial charge on any atom is -0.381 e. The first-order valence-corrected chi connectivity index (χ1v) is 6.58. The lowest BCUT2D eigenvalue weighted by Crippen LogP contribution is -2.30. The van der Waals surface area contributed by atoms with E-state index in [1.54, 1.807) is 6.20 Å². The molecule has 3 N–H and O–H groups in total. The van der Waals surface area contributed by atoms with Gasteiger partial charge < -0.3 is 11.1 Å². The molecule has 0 radical (unpaired) electrons. The van der Waals surface area contributed by atoms with Crippen LogP contribution in [0.3, 0.4) is 0 Å². The molecule has 6 heteroatoms. The SMILES string of the molecule is CCC(N)CNc1cnn(CC(C)C)c(=O)c1Cl. The molecule has 1 heterocycles. The molecule has 0 bridgehead atoms. The minimum absolute atomic E-state index is 0.0409. The van der Waals surface area contributed by atoms with Crippen LogP contribution in [0, 0.1) is 5.92 Å². The van der Waals surface area contributed by atoms with E-state index in [1.807, 2.05) is 20.8 Å². The summed E-state index contributed by atoms with van der Waals surface area (Å²) < 4.78 is 1.39. The van der Waals surface area contributed by atoms with Crippen molar-refractivity contribution in [3.8, 4) is 0 Å². The lowest BCUT2D eigenvalue weighted by molar-refractivity contribution is 0.464. The number of nitrogens with one attached hydrogen (secondary N) is 1. The maximum Gasteiger partial charge on any atom is 0.287 e. The average Bonchev–Trinajstić information content (AvgIpc) is 2.33. The second-order valence-corrected chi connectivity index (χ2v) is 5.18. The van der Waals surface area contributed by atoms with Crippen LogP contribution in [0.15, 0.2) is 11.0 Å². The average molecular weight is 273 g/mol. The van der Waals surface area contributed by atoms with E-state index in [2.05, 4.69) is 10.4 Å². The Hall–Kier alpha value is -1.07. The molecule has 0 aromatic carbocycles. The van der Waals surface area contributed by atoms with Crippen LogP contribution in [0.5, 0.6) is 0 Å². The second-order valence-electron chi connectivity index (χ2n) is 4.80. The Balaban J connectivity index is 2.84. The molecule has 0 saturated carbocycles. The highest BCUT2D eigenvalue weighted by Gasteiger charge is 2.10. The zero-order chi connectivity index (χ0) is 13.7. The van der Waals surface area contributed by atoms with Crippen molar-refractivity contribution in [3.05, 3.63) is 21.6 Å². The molecule has 102 valence electrons. The van der Waals surface area contributed by atoms with Crippen LogP contribution >= 0.6 is 11.6 Å². The van der Waals surface area contributed by atoms with Crippen molar-refractivity contribution in [1.29, 1.82) is 0 Å².